The average Bonchev–Trinajstić information content (AvgIpc) is 2.57. The quantitative estimate of drug-likeness (QED) is 0.396. The highest BCUT2D eigenvalue weighted by atomic mass is 35.5. The third kappa shape index (κ3) is 6.48. The van der Waals surface area contributed by atoms with E-state index < -0.39 is 34.4 Å². The number of rotatable bonds is 2. The van der Waals surface area contributed by atoms with Crippen molar-refractivity contribution < 1.29 is 31.1 Å². The molecule has 164 valence electrons. The van der Waals surface area contributed by atoms with E-state index in [9.17, 15) is 31.1 Å². The molecule has 2 aromatic rings. The number of halogens is 8. The molecule has 0 fully saturated rings. The lowest BCUT2D eigenvalue weighted by Gasteiger charge is -2.12. The number of carbonyl (C=O) groups is 1. The first-order chi connectivity index (χ1) is 13.5. The van der Waals surface area contributed by atoms with Gasteiger partial charge in [-0.3, -0.25) is 4.79 Å². The van der Waals surface area contributed by atoms with Crippen LogP contribution in [0.25, 0.3) is 0 Å². The summed E-state index contributed by atoms with van der Waals surface area (Å²) < 4.78 is 74.8. The maximum Gasteiger partial charge on any atom is 0.417 e. The van der Waals surface area contributed by atoms with E-state index in [0.29, 0.717) is 11.6 Å². The number of aryl methyl sites for hydroxylation is 2. The molecule has 0 heterocycles. The molecular weight excluding hydrogens is 477 g/mol. The lowest BCUT2D eigenvalue weighted by Crippen LogP contribution is -2.14. The van der Waals surface area contributed by atoms with Gasteiger partial charge in [0.05, 0.1) is 21.2 Å². The summed E-state index contributed by atoms with van der Waals surface area (Å²) in [5.41, 5.74) is 8.64. The molecule has 0 aliphatic rings. The highest BCUT2D eigenvalue weighted by Gasteiger charge is 2.35. The molecule has 0 saturated heterocycles. The molecule has 1 amide bonds. The number of amides is 1. The van der Waals surface area contributed by atoms with Crippen molar-refractivity contribution in [3.05, 3.63) is 67.7 Å². The Morgan fingerprint density at radius 2 is 1.13 bits per heavy atom. The van der Waals surface area contributed by atoms with E-state index in [4.69, 9.17) is 34.7 Å². The molecule has 3 nitrogen and oxygen atoms in total. The molecule has 0 bridgehead atoms. The van der Waals surface area contributed by atoms with Gasteiger partial charge in [0.1, 0.15) is 4.99 Å². The smallest absolute Gasteiger partial charge is 0.389 e. The van der Waals surface area contributed by atoms with Gasteiger partial charge in [-0.05, 0) is 49.2 Å². The molecule has 12 heteroatoms. The summed E-state index contributed by atoms with van der Waals surface area (Å²) in [6.07, 6.45) is -9.09. The third-order valence-corrected chi connectivity index (χ3v) is 4.93. The summed E-state index contributed by atoms with van der Waals surface area (Å²) in [5, 5.41) is -0.727. The second-order valence-corrected chi connectivity index (χ2v) is 7.23. The summed E-state index contributed by atoms with van der Waals surface area (Å²) in [5.74, 6) is -0.916. The first kappa shape index (κ1) is 26.0. The minimum Gasteiger partial charge on any atom is -0.389 e. The summed E-state index contributed by atoms with van der Waals surface area (Å²) in [6, 6.07) is 4.16. The van der Waals surface area contributed by atoms with Crippen LogP contribution in [0.5, 0.6) is 0 Å². The lowest BCUT2D eigenvalue weighted by atomic mass is 10.1. The average molecular weight is 491 g/mol. The van der Waals surface area contributed by atoms with Crippen LogP contribution in [-0.2, 0) is 12.4 Å². The van der Waals surface area contributed by atoms with E-state index in [2.05, 4.69) is 12.2 Å². The van der Waals surface area contributed by atoms with Gasteiger partial charge < -0.3 is 11.5 Å². The molecular formula is C18H14Cl2F6N2OS. The normalized spacial score (nSPS) is 11.5. The van der Waals surface area contributed by atoms with Crippen LogP contribution in [0.2, 0.25) is 10.0 Å². The van der Waals surface area contributed by atoms with E-state index >= 15 is 0 Å². The van der Waals surface area contributed by atoms with E-state index in [1.807, 2.05) is 0 Å². The number of benzene rings is 2. The topological polar surface area (TPSA) is 69.1 Å². The number of hydrogen-bond donors (Lipinski definition) is 2. The van der Waals surface area contributed by atoms with Crippen LogP contribution in [0.1, 0.15) is 38.2 Å². The van der Waals surface area contributed by atoms with Crippen molar-refractivity contribution in [1.29, 1.82) is 0 Å². The van der Waals surface area contributed by atoms with Gasteiger partial charge in [0.25, 0.3) is 0 Å². The standard InChI is InChI=1S/C9H7ClF3NO.C9H7ClF3NS/c2*1-4-2-5(8(14)15)3-6(7(4)10)9(11,12)13/h2*2-3H,1H3,(H2,14,15). The van der Waals surface area contributed by atoms with Gasteiger partial charge in [-0.1, -0.05) is 35.4 Å². The number of thiocarbonyl (C=S) groups is 1. The van der Waals surface area contributed by atoms with Crippen LogP contribution in [0.15, 0.2) is 24.3 Å². The predicted octanol–water partition coefficient (Wildman–Crippen LogP) is 6.07. The van der Waals surface area contributed by atoms with Crippen molar-refractivity contribution in [2.24, 2.45) is 11.5 Å². The number of hydrogen-bond acceptors (Lipinski definition) is 2. The van der Waals surface area contributed by atoms with Crippen LogP contribution in [-0.4, -0.2) is 10.9 Å². The number of carbonyl (C=O) groups excluding carboxylic acids is 1. The Hall–Kier alpha value is -2.04. The fourth-order valence-electron chi connectivity index (χ4n) is 2.24. The minimum atomic E-state index is -4.59. The zero-order chi connectivity index (χ0) is 23.6. The second kappa shape index (κ2) is 9.40. The van der Waals surface area contributed by atoms with Gasteiger partial charge in [0.2, 0.25) is 5.91 Å². The number of nitrogens with two attached hydrogens (primary N) is 2. The minimum absolute atomic E-state index is 0.0831. The van der Waals surface area contributed by atoms with Crippen molar-refractivity contribution in [1.82, 2.24) is 0 Å². The van der Waals surface area contributed by atoms with Crippen LogP contribution < -0.4 is 11.5 Å². The summed E-state index contributed by atoms with van der Waals surface area (Å²) in [6.45, 7) is 2.85. The second-order valence-electron chi connectivity index (χ2n) is 6.03. The van der Waals surface area contributed by atoms with Crippen molar-refractivity contribution in [3.63, 3.8) is 0 Å². The van der Waals surface area contributed by atoms with Crippen molar-refractivity contribution in [2.75, 3.05) is 0 Å². The zero-order valence-corrected chi connectivity index (χ0v) is 17.6. The first-order valence-electron chi connectivity index (χ1n) is 7.81. The Morgan fingerprint density at radius 3 is 1.43 bits per heavy atom. The Kier molecular flexibility index (Phi) is 8.15. The third-order valence-electron chi connectivity index (χ3n) is 3.69. The Bertz CT molecular complexity index is 911. The maximum absolute atomic E-state index is 12.5. The Morgan fingerprint density at radius 1 is 0.800 bits per heavy atom. The van der Waals surface area contributed by atoms with E-state index in [-0.39, 0.29) is 26.7 Å². The van der Waals surface area contributed by atoms with Gasteiger partial charge in [0.15, 0.2) is 0 Å². The first-order valence-corrected chi connectivity index (χ1v) is 8.97. The van der Waals surface area contributed by atoms with E-state index in [1.54, 1.807) is 0 Å². The molecule has 0 aromatic heterocycles. The van der Waals surface area contributed by atoms with Gasteiger partial charge in [0, 0.05) is 11.1 Å². The molecule has 30 heavy (non-hydrogen) atoms. The zero-order valence-electron chi connectivity index (χ0n) is 15.3. The monoisotopic (exact) mass is 490 g/mol. The van der Waals surface area contributed by atoms with Crippen LogP contribution in [0, 0.1) is 13.8 Å². The fourth-order valence-corrected chi connectivity index (χ4v) is 2.79. The number of primary amides is 1. The predicted molar refractivity (Wildman–Crippen MR) is 107 cm³/mol. The van der Waals surface area contributed by atoms with Gasteiger partial charge >= 0.3 is 12.4 Å². The lowest BCUT2D eigenvalue weighted by molar-refractivity contribution is -0.138. The summed E-state index contributed by atoms with van der Waals surface area (Å²) >= 11 is 15.6. The van der Waals surface area contributed by atoms with Gasteiger partial charge in [-0.15, -0.1) is 0 Å². The molecule has 0 saturated carbocycles. The highest BCUT2D eigenvalue weighted by molar-refractivity contribution is 7.80. The molecule has 2 aromatic carbocycles. The van der Waals surface area contributed by atoms with E-state index in [1.165, 1.54) is 26.0 Å². The molecule has 4 N–H and O–H groups in total. The largest absolute Gasteiger partial charge is 0.417 e. The summed E-state index contributed by atoms with van der Waals surface area (Å²) in [4.78, 5) is 10.7. The molecule has 2 rings (SSSR count). The Balaban J connectivity index is 0.000000300. The van der Waals surface area contributed by atoms with Crippen LogP contribution >= 0.6 is 35.4 Å². The van der Waals surface area contributed by atoms with Crippen molar-refractivity contribution in [2.45, 2.75) is 26.2 Å². The van der Waals surface area contributed by atoms with Crippen LogP contribution in [0.4, 0.5) is 26.3 Å². The van der Waals surface area contributed by atoms with Gasteiger partial charge in [-0.25, -0.2) is 0 Å². The van der Waals surface area contributed by atoms with Crippen molar-refractivity contribution >= 4 is 46.3 Å². The maximum atomic E-state index is 12.5. The molecule has 0 unspecified atom stereocenters. The van der Waals surface area contributed by atoms with E-state index in [0.717, 1.165) is 6.07 Å². The fraction of sp³-hybridized carbons (Fsp3) is 0.222. The molecule has 0 radical (unpaired) electrons. The Labute approximate surface area is 182 Å². The molecule has 0 aliphatic carbocycles. The molecule has 0 aliphatic heterocycles. The summed E-state index contributed by atoms with van der Waals surface area (Å²) in [7, 11) is 0. The molecule has 0 spiro atoms. The molecule has 0 atom stereocenters. The van der Waals surface area contributed by atoms with Crippen LogP contribution in [0.3, 0.4) is 0 Å². The van der Waals surface area contributed by atoms with Gasteiger partial charge in [-0.2, -0.15) is 26.3 Å². The number of alkyl halides is 6. The van der Waals surface area contributed by atoms with Crippen molar-refractivity contribution in [3.8, 4) is 0 Å². The SMILES string of the molecule is Cc1cc(C(N)=O)cc(C(F)(F)F)c1Cl.Cc1cc(C(N)=S)cc(C(F)(F)F)c1Cl. The highest BCUT2D eigenvalue weighted by Crippen LogP contribution is 2.38.